The molecule has 0 aliphatic carbocycles. The van der Waals surface area contributed by atoms with Crippen LogP contribution in [0.1, 0.15) is 11.7 Å². The van der Waals surface area contributed by atoms with Crippen molar-refractivity contribution in [3.05, 3.63) is 48.0 Å². The summed E-state index contributed by atoms with van der Waals surface area (Å²) in [4.78, 5) is 0. The predicted molar refractivity (Wildman–Crippen MR) is 59.3 cm³/mol. The Labute approximate surface area is 88.7 Å². The Morgan fingerprint density at radius 3 is 2.60 bits per heavy atom. The van der Waals surface area contributed by atoms with Gasteiger partial charge in [-0.25, -0.2) is 0 Å². The number of nitrogens with zero attached hydrogens (tertiary/aromatic N) is 1. The van der Waals surface area contributed by atoms with Crippen molar-refractivity contribution in [1.29, 1.82) is 5.26 Å². The van der Waals surface area contributed by atoms with Crippen LogP contribution < -0.4 is 0 Å². The first-order valence-corrected chi connectivity index (χ1v) is 4.77. The lowest BCUT2D eigenvalue weighted by Crippen LogP contribution is -1.98. The number of methoxy groups -OCH3 is 1. The summed E-state index contributed by atoms with van der Waals surface area (Å²) in [6.45, 7) is 0. The number of hydrogen-bond donors (Lipinski definition) is 0. The summed E-state index contributed by atoms with van der Waals surface area (Å²) in [5.41, 5.74) is 0.929. The lowest BCUT2D eigenvalue weighted by Gasteiger charge is -2.10. The Morgan fingerprint density at radius 2 is 1.87 bits per heavy atom. The van der Waals surface area contributed by atoms with Gasteiger partial charge >= 0.3 is 0 Å². The topological polar surface area (TPSA) is 33.0 Å². The minimum atomic E-state index is -0.490. The van der Waals surface area contributed by atoms with Gasteiger partial charge in [0, 0.05) is 12.7 Å². The van der Waals surface area contributed by atoms with Crippen LogP contribution in [0.4, 0.5) is 0 Å². The summed E-state index contributed by atoms with van der Waals surface area (Å²) < 4.78 is 5.13. The molecule has 0 spiro atoms. The van der Waals surface area contributed by atoms with E-state index in [1.165, 1.54) is 0 Å². The highest BCUT2D eigenvalue weighted by Crippen LogP contribution is 2.25. The van der Waals surface area contributed by atoms with Gasteiger partial charge in [-0.1, -0.05) is 42.5 Å². The lowest BCUT2D eigenvalue weighted by molar-refractivity contribution is 0.150. The van der Waals surface area contributed by atoms with E-state index in [0.29, 0.717) is 0 Å². The largest absolute Gasteiger partial charge is 0.362 e. The lowest BCUT2D eigenvalue weighted by atomic mass is 10.0. The highest BCUT2D eigenvalue weighted by molar-refractivity contribution is 5.86. The summed E-state index contributed by atoms with van der Waals surface area (Å²) >= 11 is 0. The molecule has 0 aliphatic heterocycles. The molecule has 2 aromatic rings. The summed E-state index contributed by atoms with van der Waals surface area (Å²) in [7, 11) is 1.55. The first kappa shape index (κ1) is 9.70. The van der Waals surface area contributed by atoms with Crippen LogP contribution in [0.25, 0.3) is 10.8 Å². The summed E-state index contributed by atoms with van der Waals surface area (Å²) in [6.07, 6.45) is -0.490. The molecular weight excluding hydrogens is 186 g/mol. The van der Waals surface area contributed by atoms with Gasteiger partial charge in [-0.15, -0.1) is 0 Å². The van der Waals surface area contributed by atoms with Gasteiger partial charge in [-0.05, 0) is 10.8 Å². The normalized spacial score (nSPS) is 12.3. The molecule has 15 heavy (non-hydrogen) atoms. The van der Waals surface area contributed by atoms with E-state index in [0.717, 1.165) is 16.3 Å². The van der Waals surface area contributed by atoms with Gasteiger partial charge < -0.3 is 4.74 Å². The molecule has 2 heteroatoms. The molecule has 0 radical (unpaired) electrons. The van der Waals surface area contributed by atoms with Crippen molar-refractivity contribution in [1.82, 2.24) is 0 Å². The van der Waals surface area contributed by atoms with Gasteiger partial charge in [0.2, 0.25) is 0 Å². The van der Waals surface area contributed by atoms with Crippen LogP contribution in [0.5, 0.6) is 0 Å². The van der Waals surface area contributed by atoms with Gasteiger partial charge in [0.1, 0.15) is 0 Å². The van der Waals surface area contributed by atoms with E-state index in [4.69, 9.17) is 10.00 Å². The zero-order valence-corrected chi connectivity index (χ0v) is 8.47. The maximum Gasteiger partial charge on any atom is 0.169 e. The summed E-state index contributed by atoms with van der Waals surface area (Å²) in [6, 6.07) is 16.0. The Morgan fingerprint density at radius 1 is 1.13 bits per heavy atom. The van der Waals surface area contributed by atoms with Crippen molar-refractivity contribution in [2.75, 3.05) is 7.11 Å². The molecule has 2 rings (SSSR count). The van der Waals surface area contributed by atoms with Crippen molar-refractivity contribution in [3.63, 3.8) is 0 Å². The van der Waals surface area contributed by atoms with E-state index in [1.807, 2.05) is 42.5 Å². The van der Waals surface area contributed by atoms with E-state index >= 15 is 0 Å². The molecule has 0 saturated carbocycles. The third kappa shape index (κ3) is 1.70. The predicted octanol–water partition coefficient (Wildman–Crippen LogP) is 3.05. The zero-order valence-electron chi connectivity index (χ0n) is 8.47. The molecule has 2 aromatic carbocycles. The molecule has 0 heterocycles. The summed E-state index contributed by atoms with van der Waals surface area (Å²) in [5.74, 6) is 0. The van der Waals surface area contributed by atoms with Gasteiger partial charge in [0.25, 0.3) is 0 Å². The second-order valence-electron chi connectivity index (χ2n) is 3.31. The third-order valence-corrected chi connectivity index (χ3v) is 2.46. The monoisotopic (exact) mass is 197 g/mol. The van der Waals surface area contributed by atoms with Crippen molar-refractivity contribution in [3.8, 4) is 6.07 Å². The Kier molecular flexibility index (Phi) is 2.66. The van der Waals surface area contributed by atoms with E-state index in [1.54, 1.807) is 7.11 Å². The minimum absolute atomic E-state index is 0.490. The van der Waals surface area contributed by atoms with Gasteiger partial charge in [-0.3, -0.25) is 0 Å². The molecule has 0 N–H and O–H groups in total. The van der Waals surface area contributed by atoms with Crippen LogP contribution in [-0.2, 0) is 4.74 Å². The molecule has 0 aliphatic rings. The Bertz CT molecular complexity index is 508. The van der Waals surface area contributed by atoms with Crippen molar-refractivity contribution in [2.24, 2.45) is 0 Å². The quantitative estimate of drug-likeness (QED) is 0.741. The van der Waals surface area contributed by atoms with Crippen LogP contribution in [-0.4, -0.2) is 7.11 Å². The maximum atomic E-state index is 8.96. The smallest absolute Gasteiger partial charge is 0.169 e. The minimum Gasteiger partial charge on any atom is -0.362 e. The highest BCUT2D eigenvalue weighted by atomic mass is 16.5. The number of ether oxygens (including phenoxy) is 1. The van der Waals surface area contributed by atoms with E-state index < -0.39 is 6.10 Å². The van der Waals surface area contributed by atoms with E-state index in [2.05, 4.69) is 6.07 Å². The average Bonchev–Trinajstić information content (AvgIpc) is 2.31. The molecule has 1 atom stereocenters. The van der Waals surface area contributed by atoms with Crippen LogP contribution in [0.3, 0.4) is 0 Å². The Balaban J connectivity index is 2.66. The molecule has 2 nitrogen and oxygen atoms in total. The third-order valence-electron chi connectivity index (χ3n) is 2.46. The maximum absolute atomic E-state index is 8.96. The van der Waals surface area contributed by atoms with E-state index in [9.17, 15) is 0 Å². The molecule has 0 unspecified atom stereocenters. The van der Waals surface area contributed by atoms with Crippen LogP contribution >= 0.6 is 0 Å². The number of benzene rings is 2. The number of fused-ring (bicyclic) bond motifs is 1. The first-order valence-electron chi connectivity index (χ1n) is 4.77. The van der Waals surface area contributed by atoms with Gasteiger partial charge in [0.05, 0.1) is 6.07 Å². The zero-order chi connectivity index (χ0) is 10.7. The van der Waals surface area contributed by atoms with Crippen molar-refractivity contribution in [2.45, 2.75) is 6.10 Å². The average molecular weight is 197 g/mol. The van der Waals surface area contributed by atoms with Crippen LogP contribution in [0, 0.1) is 11.3 Å². The van der Waals surface area contributed by atoms with Crippen LogP contribution in [0.2, 0.25) is 0 Å². The second-order valence-corrected chi connectivity index (χ2v) is 3.31. The van der Waals surface area contributed by atoms with Gasteiger partial charge in [-0.2, -0.15) is 5.26 Å². The highest BCUT2D eigenvalue weighted by Gasteiger charge is 2.11. The summed E-state index contributed by atoms with van der Waals surface area (Å²) in [5, 5.41) is 11.2. The molecule has 0 fully saturated rings. The van der Waals surface area contributed by atoms with E-state index in [-0.39, 0.29) is 0 Å². The first-order chi connectivity index (χ1) is 7.36. The van der Waals surface area contributed by atoms with Crippen molar-refractivity contribution >= 4 is 10.8 Å². The second kappa shape index (κ2) is 4.12. The van der Waals surface area contributed by atoms with Crippen LogP contribution in [0.15, 0.2) is 42.5 Å². The molecular formula is C13H11NO. The fraction of sp³-hybridized carbons (Fsp3) is 0.154. The molecule has 0 bridgehead atoms. The standard InChI is InChI=1S/C13H11NO/c1-15-13(9-14)12-8-4-6-10-5-2-3-7-11(10)12/h2-8,13H,1H3/t13-/m0/s1. The van der Waals surface area contributed by atoms with Gasteiger partial charge in [0.15, 0.2) is 6.10 Å². The SMILES string of the molecule is CO[C@@H](C#N)c1cccc2ccccc12. The fourth-order valence-electron chi connectivity index (χ4n) is 1.73. The van der Waals surface area contributed by atoms with Crippen molar-refractivity contribution < 1.29 is 4.74 Å². The molecule has 0 saturated heterocycles. The number of nitriles is 1. The number of rotatable bonds is 2. The molecule has 0 amide bonds. The Hall–Kier alpha value is -1.85. The number of hydrogen-bond acceptors (Lipinski definition) is 2. The molecule has 74 valence electrons. The fourth-order valence-corrected chi connectivity index (χ4v) is 1.73. The molecule has 0 aromatic heterocycles.